The summed E-state index contributed by atoms with van der Waals surface area (Å²) in [6.45, 7) is 3.40. The number of carbonyl (C=O) groups is 1. The first kappa shape index (κ1) is 21.8. The summed E-state index contributed by atoms with van der Waals surface area (Å²) in [4.78, 5) is 23.0. The number of amides is 1. The quantitative estimate of drug-likeness (QED) is 0.595. The van der Waals surface area contributed by atoms with Crippen LogP contribution in [0.25, 0.3) is 0 Å². The van der Waals surface area contributed by atoms with Gasteiger partial charge in [0.25, 0.3) is 10.0 Å². The van der Waals surface area contributed by atoms with Crippen molar-refractivity contribution in [1.82, 2.24) is 9.97 Å². The Morgan fingerprint density at radius 1 is 1.00 bits per heavy atom. The molecule has 32 heavy (non-hydrogen) atoms. The first-order valence-electron chi connectivity index (χ1n) is 10.4. The lowest BCUT2D eigenvalue weighted by Gasteiger charge is -2.33. The van der Waals surface area contributed by atoms with E-state index in [0.29, 0.717) is 11.4 Å². The minimum atomic E-state index is -3.82. The molecule has 9 heteroatoms. The highest BCUT2D eigenvalue weighted by Gasteiger charge is 2.25. The van der Waals surface area contributed by atoms with Crippen molar-refractivity contribution in [2.24, 2.45) is 5.92 Å². The highest BCUT2D eigenvalue weighted by molar-refractivity contribution is 7.92. The molecule has 8 nitrogen and oxygen atoms in total. The van der Waals surface area contributed by atoms with Gasteiger partial charge >= 0.3 is 0 Å². The number of benzene rings is 2. The normalized spacial score (nSPS) is 14.7. The zero-order valence-electron chi connectivity index (χ0n) is 17.7. The number of piperidine rings is 1. The SMILES string of the molecule is Cc1ccnc(NS(=O)(=O)c2ccc(NC(=O)C3CCN(c4ccccc4)CC3)cc2)n1. The van der Waals surface area contributed by atoms with Crippen LogP contribution in [0, 0.1) is 12.8 Å². The van der Waals surface area contributed by atoms with Crippen molar-refractivity contribution in [2.75, 3.05) is 28.0 Å². The second kappa shape index (κ2) is 9.35. The number of para-hydroxylation sites is 1. The van der Waals surface area contributed by atoms with E-state index in [2.05, 4.69) is 37.0 Å². The van der Waals surface area contributed by atoms with Crippen LogP contribution >= 0.6 is 0 Å². The van der Waals surface area contributed by atoms with Gasteiger partial charge in [-0.05, 0) is 62.2 Å². The zero-order chi connectivity index (χ0) is 22.6. The molecular formula is C23H25N5O3S. The Morgan fingerprint density at radius 2 is 1.69 bits per heavy atom. The van der Waals surface area contributed by atoms with E-state index in [0.717, 1.165) is 25.9 Å². The number of aryl methyl sites for hydroxylation is 1. The number of hydrogen-bond acceptors (Lipinski definition) is 6. The van der Waals surface area contributed by atoms with E-state index >= 15 is 0 Å². The largest absolute Gasteiger partial charge is 0.371 e. The maximum absolute atomic E-state index is 12.7. The van der Waals surface area contributed by atoms with Gasteiger partial charge in [-0.15, -0.1) is 0 Å². The Morgan fingerprint density at radius 3 is 2.34 bits per heavy atom. The summed E-state index contributed by atoms with van der Waals surface area (Å²) < 4.78 is 27.5. The summed E-state index contributed by atoms with van der Waals surface area (Å²) in [7, 11) is -3.82. The van der Waals surface area contributed by atoms with E-state index in [4.69, 9.17) is 0 Å². The van der Waals surface area contributed by atoms with Crippen molar-refractivity contribution in [3.63, 3.8) is 0 Å². The third-order valence-corrected chi connectivity index (χ3v) is 6.78. The van der Waals surface area contributed by atoms with Crippen LogP contribution in [0.4, 0.5) is 17.3 Å². The van der Waals surface area contributed by atoms with Crippen LogP contribution in [0.1, 0.15) is 18.5 Å². The lowest BCUT2D eigenvalue weighted by Crippen LogP contribution is -2.38. The third kappa shape index (κ3) is 5.23. The lowest BCUT2D eigenvalue weighted by molar-refractivity contribution is -0.120. The van der Waals surface area contributed by atoms with Crippen molar-refractivity contribution < 1.29 is 13.2 Å². The zero-order valence-corrected chi connectivity index (χ0v) is 18.5. The fourth-order valence-corrected chi connectivity index (χ4v) is 4.63. The number of nitrogens with one attached hydrogen (secondary N) is 2. The minimum absolute atomic E-state index is 0.0178. The summed E-state index contributed by atoms with van der Waals surface area (Å²) in [5, 5.41) is 2.90. The van der Waals surface area contributed by atoms with Crippen LogP contribution in [0.3, 0.4) is 0 Å². The molecule has 4 rings (SSSR count). The van der Waals surface area contributed by atoms with Crippen LogP contribution in [-0.4, -0.2) is 37.4 Å². The van der Waals surface area contributed by atoms with Gasteiger partial charge in [0.05, 0.1) is 4.90 Å². The molecule has 1 saturated heterocycles. The van der Waals surface area contributed by atoms with E-state index in [-0.39, 0.29) is 22.7 Å². The average molecular weight is 452 g/mol. The summed E-state index contributed by atoms with van der Waals surface area (Å²) in [6, 6.07) is 17.9. The van der Waals surface area contributed by atoms with Crippen molar-refractivity contribution >= 4 is 33.3 Å². The van der Waals surface area contributed by atoms with Crippen molar-refractivity contribution in [1.29, 1.82) is 0 Å². The van der Waals surface area contributed by atoms with E-state index in [1.807, 2.05) is 18.2 Å². The Hall–Kier alpha value is -3.46. The highest BCUT2D eigenvalue weighted by Crippen LogP contribution is 2.24. The standard InChI is InChI=1S/C23H25N5O3S/c1-17-11-14-24-23(25-17)27-32(30,31)21-9-7-19(8-10-21)26-22(29)18-12-15-28(16-13-18)20-5-3-2-4-6-20/h2-11,14,18H,12-13,15-16H2,1H3,(H,26,29)(H,24,25,27). The number of nitrogens with zero attached hydrogens (tertiary/aromatic N) is 3. The maximum atomic E-state index is 12.7. The molecule has 166 valence electrons. The van der Waals surface area contributed by atoms with Gasteiger partial charge in [-0.25, -0.2) is 23.1 Å². The number of sulfonamides is 1. The molecule has 3 aromatic rings. The number of hydrogen-bond donors (Lipinski definition) is 2. The Labute approximate surface area is 187 Å². The summed E-state index contributed by atoms with van der Waals surface area (Å²) in [6.07, 6.45) is 3.03. The molecule has 0 radical (unpaired) electrons. The predicted molar refractivity (Wildman–Crippen MR) is 124 cm³/mol. The molecule has 1 amide bonds. The Kier molecular flexibility index (Phi) is 6.36. The van der Waals surface area contributed by atoms with E-state index in [9.17, 15) is 13.2 Å². The second-order valence-corrected chi connectivity index (χ2v) is 9.42. The fraction of sp³-hybridized carbons (Fsp3) is 0.261. The summed E-state index contributed by atoms with van der Waals surface area (Å²) in [5.41, 5.74) is 2.39. The second-order valence-electron chi connectivity index (χ2n) is 7.74. The number of rotatable bonds is 6. The van der Waals surface area contributed by atoms with Gasteiger partial charge in [0, 0.05) is 42.3 Å². The molecule has 0 unspecified atom stereocenters. The number of carbonyl (C=O) groups excluding carboxylic acids is 1. The molecule has 0 saturated carbocycles. The maximum Gasteiger partial charge on any atom is 0.264 e. The van der Waals surface area contributed by atoms with Gasteiger partial charge in [-0.1, -0.05) is 18.2 Å². The molecule has 2 heterocycles. The number of anilines is 3. The Balaban J connectivity index is 1.34. The molecule has 1 aliphatic heterocycles. The smallest absolute Gasteiger partial charge is 0.264 e. The number of aromatic nitrogens is 2. The average Bonchev–Trinajstić information content (AvgIpc) is 2.80. The fourth-order valence-electron chi connectivity index (χ4n) is 3.68. The lowest BCUT2D eigenvalue weighted by atomic mass is 9.95. The van der Waals surface area contributed by atoms with E-state index in [1.54, 1.807) is 25.1 Å². The molecule has 0 bridgehead atoms. The van der Waals surface area contributed by atoms with Gasteiger partial charge < -0.3 is 10.2 Å². The van der Waals surface area contributed by atoms with Crippen molar-refractivity contribution in [2.45, 2.75) is 24.7 Å². The molecule has 0 spiro atoms. The molecule has 1 fully saturated rings. The molecule has 1 aliphatic rings. The summed E-state index contributed by atoms with van der Waals surface area (Å²) >= 11 is 0. The van der Waals surface area contributed by atoms with Gasteiger partial charge in [-0.3, -0.25) is 4.79 Å². The van der Waals surface area contributed by atoms with Gasteiger partial charge in [0.1, 0.15) is 0 Å². The van der Waals surface area contributed by atoms with E-state index in [1.165, 1.54) is 24.0 Å². The van der Waals surface area contributed by atoms with Crippen LogP contribution in [0.2, 0.25) is 0 Å². The van der Waals surface area contributed by atoms with Gasteiger partial charge in [0.2, 0.25) is 11.9 Å². The van der Waals surface area contributed by atoms with Crippen LogP contribution in [-0.2, 0) is 14.8 Å². The van der Waals surface area contributed by atoms with Gasteiger partial charge in [-0.2, -0.15) is 0 Å². The monoisotopic (exact) mass is 451 g/mol. The van der Waals surface area contributed by atoms with Crippen LogP contribution < -0.4 is 14.9 Å². The minimum Gasteiger partial charge on any atom is -0.371 e. The predicted octanol–water partition coefficient (Wildman–Crippen LogP) is 3.44. The third-order valence-electron chi connectivity index (χ3n) is 5.44. The van der Waals surface area contributed by atoms with E-state index < -0.39 is 10.0 Å². The van der Waals surface area contributed by atoms with Crippen molar-refractivity contribution in [3.8, 4) is 0 Å². The molecule has 2 aromatic carbocycles. The first-order chi connectivity index (χ1) is 15.4. The van der Waals surface area contributed by atoms with Gasteiger partial charge in [0.15, 0.2) is 0 Å². The molecule has 2 N–H and O–H groups in total. The first-order valence-corrected chi connectivity index (χ1v) is 11.9. The topological polar surface area (TPSA) is 104 Å². The Bertz CT molecular complexity index is 1180. The highest BCUT2D eigenvalue weighted by atomic mass is 32.2. The molecule has 1 aromatic heterocycles. The summed E-state index contributed by atoms with van der Waals surface area (Å²) in [5.74, 6) is -0.0951. The molecular weight excluding hydrogens is 426 g/mol. The molecule has 0 aliphatic carbocycles. The van der Waals surface area contributed by atoms with Crippen LogP contribution in [0.5, 0.6) is 0 Å². The molecule has 0 atom stereocenters. The van der Waals surface area contributed by atoms with Crippen LogP contribution in [0.15, 0.2) is 71.8 Å². The van der Waals surface area contributed by atoms with Crippen molar-refractivity contribution in [3.05, 3.63) is 72.6 Å².